The van der Waals surface area contributed by atoms with Crippen molar-refractivity contribution in [3.8, 4) is 11.4 Å². The van der Waals surface area contributed by atoms with Gasteiger partial charge in [0.25, 0.3) is 0 Å². The fourth-order valence-electron chi connectivity index (χ4n) is 3.45. The summed E-state index contributed by atoms with van der Waals surface area (Å²) in [6.45, 7) is 6.18. The summed E-state index contributed by atoms with van der Waals surface area (Å²) in [5.41, 5.74) is 2.91. The molecule has 2 atom stereocenters. The summed E-state index contributed by atoms with van der Waals surface area (Å²) in [7, 11) is 0. The van der Waals surface area contributed by atoms with E-state index in [9.17, 15) is 9.18 Å². The van der Waals surface area contributed by atoms with Crippen molar-refractivity contribution in [2.45, 2.75) is 43.8 Å². The average molecular weight is 465 g/mol. The molecule has 4 rings (SSSR count). The van der Waals surface area contributed by atoms with Gasteiger partial charge < -0.3 is 9.73 Å². The van der Waals surface area contributed by atoms with Crippen LogP contribution in [0.25, 0.3) is 11.4 Å². The Morgan fingerprint density at radius 2 is 1.91 bits per heavy atom. The van der Waals surface area contributed by atoms with Gasteiger partial charge in [-0.05, 0) is 56.7 Å². The number of hydrogen-bond acceptors (Lipinski definition) is 5. The van der Waals surface area contributed by atoms with Crippen LogP contribution in [0.4, 0.5) is 4.39 Å². The Balaban J connectivity index is 1.54. The highest BCUT2D eigenvalue weighted by Crippen LogP contribution is 2.29. The van der Waals surface area contributed by atoms with Gasteiger partial charge in [0.15, 0.2) is 11.0 Å². The Morgan fingerprint density at radius 1 is 1.12 bits per heavy atom. The van der Waals surface area contributed by atoms with E-state index in [0.29, 0.717) is 17.5 Å². The van der Waals surface area contributed by atoms with Gasteiger partial charge in [-0.3, -0.25) is 9.36 Å². The smallest absolute Gasteiger partial charge is 0.233 e. The minimum Gasteiger partial charge on any atom is -0.467 e. The second kappa shape index (κ2) is 10.0. The molecule has 4 aromatic rings. The van der Waals surface area contributed by atoms with Gasteiger partial charge in [-0.2, -0.15) is 0 Å². The molecule has 0 bridgehead atoms. The van der Waals surface area contributed by atoms with Crippen molar-refractivity contribution in [2.24, 2.45) is 0 Å². The van der Waals surface area contributed by atoms with Crippen LogP contribution in [0.1, 0.15) is 36.8 Å². The number of carbonyl (C=O) groups excluding carboxylic acids is 1. The highest BCUT2D eigenvalue weighted by atomic mass is 32.2. The lowest BCUT2D eigenvalue weighted by atomic mass is 10.1. The van der Waals surface area contributed by atoms with Gasteiger partial charge in [-0.25, -0.2) is 4.39 Å². The summed E-state index contributed by atoms with van der Waals surface area (Å²) in [5, 5.41) is 12.0. The van der Waals surface area contributed by atoms with Crippen molar-refractivity contribution in [1.29, 1.82) is 0 Å². The number of carbonyl (C=O) groups is 1. The predicted molar refractivity (Wildman–Crippen MR) is 126 cm³/mol. The summed E-state index contributed by atoms with van der Waals surface area (Å²) < 4.78 is 20.7. The van der Waals surface area contributed by atoms with Gasteiger partial charge in [0.1, 0.15) is 11.6 Å². The Hall–Kier alpha value is -3.39. The first-order valence-electron chi connectivity index (χ1n) is 10.7. The molecule has 170 valence electrons. The molecule has 0 spiro atoms. The molecule has 1 N–H and O–H groups in total. The van der Waals surface area contributed by atoms with Crippen LogP contribution in [0.15, 0.2) is 76.5 Å². The number of aryl methyl sites for hydroxylation is 1. The third-order valence-electron chi connectivity index (χ3n) is 5.27. The number of rotatable bonds is 8. The first-order chi connectivity index (χ1) is 15.9. The SMILES string of the molecule is Cc1cccc(-c2nnc(S[C@@H](C)C(=O)N[C@@H](C)c3ccc(F)cc3)n2Cc2ccco2)c1. The quantitative estimate of drug-likeness (QED) is 0.354. The lowest BCUT2D eigenvalue weighted by Gasteiger charge is -2.18. The zero-order valence-electron chi connectivity index (χ0n) is 18.7. The molecule has 0 aliphatic rings. The average Bonchev–Trinajstić information content (AvgIpc) is 3.45. The van der Waals surface area contributed by atoms with E-state index in [2.05, 4.69) is 21.6 Å². The van der Waals surface area contributed by atoms with Crippen molar-refractivity contribution in [3.05, 3.63) is 89.6 Å². The Labute approximate surface area is 196 Å². The van der Waals surface area contributed by atoms with Gasteiger partial charge in [-0.1, -0.05) is 47.7 Å². The minimum absolute atomic E-state index is 0.138. The van der Waals surface area contributed by atoms with E-state index in [-0.39, 0.29) is 17.8 Å². The van der Waals surface area contributed by atoms with Crippen molar-refractivity contribution in [2.75, 3.05) is 0 Å². The van der Waals surface area contributed by atoms with Crippen LogP contribution in [-0.4, -0.2) is 25.9 Å². The normalized spacial score (nSPS) is 13.0. The summed E-state index contributed by atoms with van der Waals surface area (Å²) in [6, 6.07) is 17.7. The van der Waals surface area contributed by atoms with E-state index in [1.54, 1.807) is 18.4 Å². The van der Waals surface area contributed by atoms with Gasteiger partial charge in [0.05, 0.1) is 24.1 Å². The lowest BCUT2D eigenvalue weighted by molar-refractivity contribution is -0.120. The molecule has 0 radical (unpaired) electrons. The lowest BCUT2D eigenvalue weighted by Crippen LogP contribution is -2.33. The second-order valence-corrected chi connectivity index (χ2v) is 9.19. The molecule has 0 fully saturated rings. The molecule has 0 saturated carbocycles. The molecule has 1 amide bonds. The van der Waals surface area contributed by atoms with Gasteiger partial charge in [0.2, 0.25) is 5.91 Å². The van der Waals surface area contributed by atoms with Crippen molar-refractivity contribution >= 4 is 17.7 Å². The van der Waals surface area contributed by atoms with E-state index >= 15 is 0 Å². The number of nitrogens with zero attached hydrogens (tertiary/aromatic N) is 3. The first kappa shape index (κ1) is 22.8. The first-order valence-corrected chi connectivity index (χ1v) is 11.5. The Kier molecular flexibility index (Phi) is 6.93. The third-order valence-corrected chi connectivity index (χ3v) is 6.35. The van der Waals surface area contributed by atoms with Crippen LogP contribution in [-0.2, 0) is 11.3 Å². The maximum Gasteiger partial charge on any atom is 0.233 e. The van der Waals surface area contributed by atoms with E-state index in [1.807, 2.05) is 55.7 Å². The van der Waals surface area contributed by atoms with E-state index in [1.165, 1.54) is 23.9 Å². The van der Waals surface area contributed by atoms with Crippen LogP contribution >= 0.6 is 11.8 Å². The standard InChI is InChI=1S/C25H25FN4O2S/c1-16-6-4-7-20(14-16)23-28-29-25(30(23)15-22-8-5-13-32-22)33-18(3)24(31)27-17(2)19-9-11-21(26)12-10-19/h4-14,17-18H,15H2,1-3H3,(H,27,31)/t17-,18-/m0/s1. The monoisotopic (exact) mass is 464 g/mol. The van der Waals surface area contributed by atoms with Crippen LogP contribution in [0.2, 0.25) is 0 Å². The summed E-state index contributed by atoms with van der Waals surface area (Å²) in [4.78, 5) is 12.9. The molecule has 8 heteroatoms. The Bertz CT molecular complexity index is 1220. The van der Waals surface area contributed by atoms with Gasteiger partial charge >= 0.3 is 0 Å². The van der Waals surface area contributed by atoms with Crippen LogP contribution < -0.4 is 5.32 Å². The number of benzene rings is 2. The number of nitrogens with one attached hydrogen (secondary N) is 1. The third kappa shape index (κ3) is 5.51. The molecule has 0 aliphatic carbocycles. The van der Waals surface area contributed by atoms with Crippen LogP contribution in [0.5, 0.6) is 0 Å². The molecule has 0 unspecified atom stereocenters. The Morgan fingerprint density at radius 3 is 2.61 bits per heavy atom. The zero-order valence-corrected chi connectivity index (χ0v) is 19.5. The number of aromatic nitrogens is 3. The number of hydrogen-bond donors (Lipinski definition) is 1. The second-order valence-electron chi connectivity index (χ2n) is 7.88. The predicted octanol–water partition coefficient (Wildman–Crippen LogP) is 5.39. The fraction of sp³-hybridized carbons (Fsp3) is 0.240. The molecular weight excluding hydrogens is 439 g/mol. The topological polar surface area (TPSA) is 73.0 Å². The summed E-state index contributed by atoms with van der Waals surface area (Å²) in [6.07, 6.45) is 1.63. The van der Waals surface area contributed by atoms with Crippen molar-refractivity contribution in [1.82, 2.24) is 20.1 Å². The fourth-order valence-corrected chi connectivity index (χ4v) is 4.31. The molecule has 0 saturated heterocycles. The molecule has 2 aromatic carbocycles. The van der Waals surface area contributed by atoms with E-state index in [4.69, 9.17) is 4.42 Å². The van der Waals surface area contributed by atoms with Gasteiger partial charge in [0, 0.05) is 5.56 Å². The number of halogens is 1. The molecule has 33 heavy (non-hydrogen) atoms. The summed E-state index contributed by atoms with van der Waals surface area (Å²) in [5.74, 6) is 1.04. The molecule has 2 heterocycles. The number of furan rings is 1. The largest absolute Gasteiger partial charge is 0.467 e. The van der Waals surface area contributed by atoms with Crippen LogP contribution in [0, 0.1) is 12.7 Å². The molecule has 0 aliphatic heterocycles. The van der Waals surface area contributed by atoms with Crippen molar-refractivity contribution in [3.63, 3.8) is 0 Å². The highest BCUT2D eigenvalue weighted by molar-refractivity contribution is 8.00. The minimum atomic E-state index is -0.419. The van der Waals surface area contributed by atoms with Crippen LogP contribution in [0.3, 0.4) is 0 Å². The van der Waals surface area contributed by atoms with Gasteiger partial charge in [-0.15, -0.1) is 10.2 Å². The molecular formula is C25H25FN4O2S. The molecule has 2 aromatic heterocycles. The highest BCUT2D eigenvalue weighted by Gasteiger charge is 2.23. The zero-order chi connectivity index (χ0) is 23.4. The van der Waals surface area contributed by atoms with E-state index < -0.39 is 5.25 Å². The van der Waals surface area contributed by atoms with E-state index in [0.717, 1.165) is 22.5 Å². The maximum absolute atomic E-state index is 13.2. The van der Waals surface area contributed by atoms with Crippen molar-refractivity contribution < 1.29 is 13.6 Å². The summed E-state index contributed by atoms with van der Waals surface area (Å²) >= 11 is 1.34. The molecule has 6 nitrogen and oxygen atoms in total. The maximum atomic E-state index is 13.2. The number of thioether (sulfide) groups is 1. The number of amides is 1.